The van der Waals surface area contributed by atoms with Gasteiger partial charge in [0.2, 0.25) is 0 Å². The van der Waals surface area contributed by atoms with Gasteiger partial charge < -0.3 is 14.8 Å². The van der Waals surface area contributed by atoms with Crippen LogP contribution in [0.1, 0.15) is 46.1 Å². The minimum atomic E-state index is -0.556. The fourth-order valence-electron chi connectivity index (χ4n) is 3.95. The Kier molecular flexibility index (Phi) is 5.70. The van der Waals surface area contributed by atoms with Crippen LogP contribution < -0.4 is 14.8 Å². The first kappa shape index (κ1) is 19.9. The number of halogens is 1. The lowest BCUT2D eigenvalue weighted by Crippen LogP contribution is -2.31. The Balaban J connectivity index is 1.53. The van der Waals surface area contributed by atoms with Crippen molar-refractivity contribution >= 4 is 5.91 Å². The molecule has 4 rings (SSSR count). The third kappa shape index (κ3) is 3.87. The van der Waals surface area contributed by atoms with Crippen LogP contribution in [0.25, 0.3) is 0 Å². The quantitative estimate of drug-likeness (QED) is 0.671. The van der Waals surface area contributed by atoms with Crippen molar-refractivity contribution in [3.05, 3.63) is 76.9 Å². The third-order valence-corrected chi connectivity index (χ3v) is 5.49. The Morgan fingerprint density at radius 1 is 1.20 bits per heavy atom. The number of benzene rings is 2. The molecule has 30 heavy (non-hydrogen) atoms. The van der Waals surface area contributed by atoms with E-state index >= 15 is 0 Å². The molecule has 7 heteroatoms. The normalized spacial score (nSPS) is 15.4. The van der Waals surface area contributed by atoms with Crippen molar-refractivity contribution in [2.24, 2.45) is 0 Å². The molecule has 156 valence electrons. The second-order valence-electron chi connectivity index (χ2n) is 7.28. The van der Waals surface area contributed by atoms with Gasteiger partial charge in [-0.25, -0.2) is 4.39 Å². The summed E-state index contributed by atoms with van der Waals surface area (Å²) in [5, 5.41) is 7.60. The molecule has 1 aliphatic rings. The first-order valence-electron chi connectivity index (χ1n) is 9.91. The minimum Gasteiger partial charge on any atom is -0.496 e. The number of aromatic nitrogens is 2. The van der Waals surface area contributed by atoms with Crippen LogP contribution in [0.4, 0.5) is 4.39 Å². The second kappa shape index (κ2) is 8.57. The monoisotopic (exact) mass is 409 g/mol. The maximum Gasteiger partial charge on any atom is 0.251 e. The Morgan fingerprint density at radius 2 is 2.00 bits per heavy atom. The fraction of sp³-hybridized carbons (Fsp3) is 0.304. The summed E-state index contributed by atoms with van der Waals surface area (Å²) in [5.41, 5.74) is 3.43. The highest BCUT2D eigenvalue weighted by atomic mass is 19.1. The van der Waals surface area contributed by atoms with Gasteiger partial charge in [-0.1, -0.05) is 18.2 Å². The van der Waals surface area contributed by atoms with Crippen molar-refractivity contribution in [3.8, 4) is 11.5 Å². The number of ether oxygens (including phenoxy) is 2. The van der Waals surface area contributed by atoms with Crippen molar-refractivity contribution in [2.45, 2.75) is 31.8 Å². The molecule has 1 atom stereocenters. The van der Waals surface area contributed by atoms with Crippen LogP contribution in [0.3, 0.4) is 0 Å². The molecule has 0 radical (unpaired) electrons. The largest absolute Gasteiger partial charge is 0.496 e. The molecular formula is C23H24FN3O3. The van der Waals surface area contributed by atoms with E-state index in [0.717, 1.165) is 41.8 Å². The lowest BCUT2D eigenvalue weighted by Gasteiger charge is -2.24. The highest BCUT2D eigenvalue weighted by molar-refractivity contribution is 5.94. The maximum absolute atomic E-state index is 14.0. The molecule has 0 saturated heterocycles. The van der Waals surface area contributed by atoms with E-state index in [1.807, 2.05) is 35.1 Å². The molecule has 1 aliphatic carbocycles. The van der Waals surface area contributed by atoms with Gasteiger partial charge in [-0.3, -0.25) is 9.48 Å². The zero-order valence-electron chi connectivity index (χ0n) is 17.0. The molecule has 1 aromatic heterocycles. The average Bonchev–Trinajstić information content (AvgIpc) is 3.18. The standard InChI is InChI=1S/C23H24FN3O3/c1-29-21-9-4-3-6-16(21)14-27-20-8-5-7-19(17(20)13-25-27)26-23(28)15-10-11-22(30-2)18(24)12-15/h3-4,6,9-13,19H,5,7-8,14H2,1-2H3,(H,26,28)/t19-/m0/s1. The molecule has 0 aliphatic heterocycles. The van der Waals surface area contributed by atoms with Gasteiger partial charge in [0.15, 0.2) is 11.6 Å². The summed E-state index contributed by atoms with van der Waals surface area (Å²) in [4.78, 5) is 12.7. The number of methoxy groups -OCH3 is 2. The van der Waals surface area contributed by atoms with Crippen molar-refractivity contribution < 1.29 is 18.7 Å². The summed E-state index contributed by atoms with van der Waals surface area (Å²) in [5.74, 6) is 0.0686. The van der Waals surface area contributed by atoms with Gasteiger partial charge in [-0.2, -0.15) is 5.10 Å². The zero-order valence-corrected chi connectivity index (χ0v) is 17.0. The van der Waals surface area contributed by atoms with Crippen molar-refractivity contribution in [1.29, 1.82) is 0 Å². The van der Waals surface area contributed by atoms with Gasteiger partial charge in [-0.15, -0.1) is 0 Å². The number of para-hydroxylation sites is 1. The van der Waals surface area contributed by atoms with E-state index in [9.17, 15) is 9.18 Å². The van der Waals surface area contributed by atoms with Crippen LogP contribution in [0.2, 0.25) is 0 Å². The molecule has 0 spiro atoms. The van der Waals surface area contributed by atoms with E-state index in [0.29, 0.717) is 6.54 Å². The lowest BCUT2D eigenvalue weighted by atomic mass is 9.92. The first-order valence-corrected chi connectivity index (χ1v) is 9.91. The highest BCUT2D eigenvalue weighted by Gasteiger charge is 2.26. The summed E-state index contributed by atoms with van der Waals surface area (Å²) >= 11 is 0. The minimum absolute atomic E-state index is 0.115. The summed E-state index contributed by atoms with van der Waals surface area (Å²) in [6.45, 7) is 0.601. The maximum atomic E-state index is 14.0. The van der Waals surface area contributed by atoms with E-state index in [-0.39, 0.29) is 23.3 Å². The molecule has 0 fully saturated rings. The molecule has 1 amide bonds. The smallest absolute Gasteiger partial charge is 0.251 e. The van der Waals surface area contributed by atoms with Crippen LogP contribution in [0.15, 0.2) is 48.7 Å². The van der Waals surface area contributed by atoms with Crippen LogP contribution in [-0.4, -0.2) is 29.9 Å². The van der Waals surface area contributed by atoms with E-state index in [1.165, 1.54) is 19.2 Å². The van der Waals surface area contributed by atoms with E-state index in [1.54, 1.807) is 13.2 Å². The molecule has 0 unspecified atom stereocenters. The van der Waals surface area contributed by atoms with Crippen LogP contribution >= 0.6 is 0 Å². The molecule has 3 aromatic rings. The molecule has 6 nitrogen and oxygen atoms in total. The van der Waals surface area contributed by atoms with Crippen molar-refractivity contribution in [2.75, 3.05) is 14.2 Å². The van der Waals surface area contributed by atoms with E-state index < -0.39 is 5.82 Å². The number of amides is 1. The van der Waals surface area contributed by atoms with Gasteiger partial charge >= 0.3 is 0 Å². The second-order valence-corrected chi connectivity index (χ2v) is 7.28. The Labute approximate surface area is 174 Å². The van der Waals surface area contributed by atoms with Gasteiger partial charge in [-0.05, 0) is 43.5 Å². The number of rotatable bonds is 6. The fourth-order valence-corrected chi connectivity index (χ4v) is 3.95. The molecule has 0 bridgehead atoms. The predicted octanol–water partition coefficient (Wildman–Crippen LogP) is 3.90. The summed E-state index contributed by atoms with van der Waals surface area (Å²) < 4.78 is 26.3. The number of hydrogen-bond acceptors (Lipinski definition) is 4. The lowest BCUT2D eigenvalue weighted by molar-refractivity contribution is 0.0932. The SMILES string of the molecule is COc1ccc(C(=O)N[C@H]2CCCc3c2cnn3Cc2ccccc2OC)cc1F. The zero-order chi connectivity index (χ0) is 21.1. The number of nitrogens with zero attached hydrogens (tertiary/aromatic N) is 2. The summed E-state index contributed by atoms with van der Waals surface area (Å²) in [6, 6.07) is 11.9. The van der Waals surface area contributed by atoms with Crippen LogP contribution in [-0.2, 0) is 13.0 Å². The van der Waals surface area contributed by atoms with Crippen LogP contribution in [0.5, 0.6) is 11.5 Å². The summed E-state index contributed by atoms with van der Waals surface area (Å²) in [6.07, 6.45) is 4.47. The average molecular weight is 409 g/mol. The van der Waals surface area contributed by atoms with E-state index in [4.69, 9.17) is 9.47 Å². The van der Waals surface area contributed by atoms with Crippen LogP contribution in [0, 0.1) is 5.82 Å². The molecule has 2 aromatic carbocycles. The molecular weight excluding hydrogens is 385 g/mol. The van der Waals surface area contributed by atoms with Crippen molar-refractivity contribution in [3.63, 3.8) is 0 Å². The highest BCUT2D eigenvalue weighted by Crippen LogP contribution is 2.31. The number of carbonyl (C=O) groups is 1. The Morgan fingerprint density at radius 3 is 2.77 bits per heavy atom. The third-order valence-electron chi connectivity index (χ3n) is 5.49. The first-order chi connectivity index (χ1) is 14.6. The number of nitrogens with one attached hydrogen (secondary N) is 1. The number of carbonyl (C=O) groups excluding carboxylic acids is 1. The van der Waals surface area contributed by atoms with Crippen molar-refractivity contribution in [1.82, 2.24) is 15.1 Å². The predicted molar refractivity (Wildman–Crippen MR) is 110 cm³/mol. The molecule has 0 saturated carbocycles. The summed E-state index contributed by atoms with van der Waals surface area (Å²) in [7, 11) is 3.05. The molecule has 1 heterocycles. The number of fused-ring (bicyclic) bond motifs is 1. The van der Waals surface area contributed by atoms with Gasteiger partial charge in [0, 0.05) is 22.4 Å². The Hall–Kier alpha value is -3.35. The Bertz CT molecular complexity index is 1060. The topological polar surface area (TPSA) is 65.4 Å². The van der Waals surface area contributed by atoms with Gasteiger partial charge in [0.05, 0.1) is 33.0 Å². The van der Waals surface area contributed by atoms with E-state index in [2.05, 4.69) is 10.4 Å². The molecule has 1 N–H and O–H groups in total. The number of hydrogen-bond donors (Lipinski definition) is 1. The van der Waals surface area contributed by atoms with Gasteiger partial charge in [0.1, 0.15) is 5.75 Å². The van der Waals surface area contributed by atoms with Gasteiger partial charge in [0.25, 0.3) is 5.91 Å².